The fourth-order valence-electron chi connectivity index (χ4n) is 2.73. The summed E-state index contributed by atoms with van der Waals surface area (Å²) >= 11 is 0. The van der Waals surface area contributed by atoms with Gasteiger partial charge in [0.05, 0.1) is 11.0 Å². The number of carboxylic acids is 1. The maximum atomic E-state index is 12.3. The topological polar surface area (TPSA) is 98.1 Å². The summed E-state index contributed by atoms with van der Waals surface area (Å²) in [6.07, 6.45) is 1.35. The first kappa shape index (κ1) is 15.2. The molecule has 0 aliphatic carbocycles. The summed E-state index contributed by atoms with van der Waals surface area (Å²) in [5, 5.41) is 28.3. The molecule has 0 spiro atoms. The van der Waals surface area contributed by atoms with Crippen LogP contribution in [0.4, 0.5) is 0 Å². The summed E-state index contributed by atoms with van der Waals surface area (Å²) in [4.78, 5) is 25.3. The second kappa shape index (κ2) is 5.63. The van der Waals surface area contributed by atoms with Crippen molar-refractivity contribution in [3.05, 3.63) is 23.8 Å². The second-order valence-corrected chi connectivity index (χ2v) is 5.43. The first-order valence-electron chi connectivity index (χ1n) is 6.94. The monoisotopic (exact) mass is 293 g/mol. The summed E-state index contributed by atoms with van der Waals surface area (Å²) in [5.41, 5.74) is -0.638. The molecule has 1 aromatic rings. The first-order valence-corrected chi connectivity index (χ1v) is 6.94. The van der Waals surface area contributed by atoms with E-state index in [-0.39, 0.29) is 23.0 Å². The highest BCUT2D eigenvalue weighted by molar-refractivity contribution is 5.97. The van der Waals surface area contributed by atoms with E-state index >= 15 is 0 Å². The van der Waals surface area contributed by atoms with E-state index < -0.39 is 11.4 Å². The number of amides is 1. The molecular weight excluding hydrogens is 274 g/mol. The van der Waals surface area contributed by atoms with Crippen LogP contribution in [-0.4, -0.2) is 45.2 Å². The number of piperidine rings is 1. The molecule has 2 rings (SSSR count). The van der Waals surface area contributed by atoms with Crippen molar-refractivity contribution >= 4 is 11.9 Å². The molecule has 1 aromatic carbocycles. The van der Waals surface area contributed by atoms with Crippen LogP contribution in [-0.2, 0) is 4.79 Å². The molecule has 1 saturated heterocycles. The SMILES string of the molecule is CCC1(C(=O)O)CCN(C(=O)c2ccc(O)cc2O)CC1. The van der Waals surface area contributed by atoms with Crippen molar-refractivity contribution in [2.24, 2.45) is 5.41 Å². The van der Waals surface area contributed by atoms with Gasteiger partial charge in [-0.05, 0) is 31.4 Å². The Bertz CT molecular complexity index is 561. The standard InChI is InChI=1S/C15H19NO5/c1-2-15(14(20)21)5-7-16(8-6-15)13(19)11-4-3-10(17)9-12(11)18/h3-4,9,17-18H,2,5-8H2,1H3,(H,20,21). The Morgan fingerprint density at radius 3 is 2.33 bits per heavy atom. The van der Waals surface area contributed by atoms with Gasteiger partial charge < -0.3 is 20.2 Å². The van der Waals surface area contributed by atoms with Crippen LogP contribution in [0, 0.1) is 5.41 Å². The van der Waals surface area contributed by atoms with E-state index in [4.69, 9.17) is 0 Å². The number of hydrogen-bond acceptors (Lipinski definition) is 4. The maximum Gasteiger partial charge on any atom is 0.309 e. The Kier molecular flexibility index (Phi) is 4.06. The molecule has 1 amide bonds. The van der Waals surface area contributed by atoms with Gasteiger partial charge in [0.1, 0.15) is 11.5 Å². The van der Waals surface area contributed by atoms with Crippen molar-refractivity contribution in [3.63, 3.8) is 0 Å². The molecule has 0 unspecified atom stereocenters. The molecule has 0 bridgehead atoms. The van der Waals surface area contributed by atoms with Crippen molar-refractivity contribution < 1.29 is 24.9 Å². The van der Waals surface area contributed by atoms with Gasteiger partial charge >= 0.3 is 5.97 Å². The number of rotatable bonds is 3. The Morgan fingerprint density at radius 2 is 1.86 bits per heavy atom. The normalized spacial score (nSPS) is 17.5. The predicted octanol–water partition coefficient (Wildman–Crippen LogP) is 1.81. The van der Waals surface area contributed by atoms with Crippen LogP contribution in [0.25, 0.3) is 0 Å². The Hall–Kier alpha value is -2.24. The minimum absolute atomic E-state index is 0.112. The number of carbonyl (C=O) groups is 2. The molecule has 0 atom stereocenters. The zero-order chi connectivity index (χ0) is 15.6. The van der Waals surface area contributed by atoms with Crippen LogP contribution in [0.1, 0.15) is 36.5 Å². The van der Waals surface area contributed by atoms with Gasteiger partial charge in [0.2, 0.25) is 0 Å². The number of benzene rings is 1. The van der Waals surface area contributed by atoms with Crippen molar-refractivity contribution in [2.75, 3.05) is 13.1 Å². The zero-order valence-electron chi connectivity index (χ0n) is 11.9. The molecule has 0 saturated carbocycles. The van der Waals surface area contributed by atoms with E-state index in [0.717, 1.165) is 6.07 Å². The van der Waals surface area contributed by atoms with Crippen LogP contribution in [0.2, 0.25) is 0 Å². The Morgan fingerprint density at radius 1 is 1.24 bits per heavy atom. The van der Waals surface area contributed by atoms with E-state index in [0.29, 0.717) is 32.4 Å². The quantitative estimate of drug-likeness (QED) is 0.789. The van der Waals surface area contributed by atoms with E-state index in [1.54, 1.807) is 4.90 Å². The highest BCUT2D eigenvalue weighted by Gasteiger charge is 2.41. The molecule has 21 heavy (non-hydrogen) atoms. The number of carboxylic acid groups (broad SMARTS) is 1. The summed E-state index contributed by atoms with van der Waals surface area (Å²) in [7, 11) is 0. The van der Waals surface area contributed by atoms with Gasteiger partial charge in [-0.1, -0.05) is 6.92 Å². The van der Waals surface area contributed by atoms with Gasteiger partial charge in [-0.25, -0.2) is 0 Å². The van der Waals surface area contributed by atoms with Crippen LogP contribution < -0.4 is 0 Å². The fourth-order valence-corrected chi connectivity index (χ4v) is 2.73. The van der Waals surface area contributed by atoms with Crippen LogP contribution in [0.15, 0.2) is 18.2 Å². The lowest BCUT2D eigenvalue weighted by Gasteiger charge is -2.38. The largest absolute Gasteiger partial charge is 0.508 e. The number of phenolic OH excluding ortho intramolecular Hbond substituents is 2. The summed E-state index contributed by atoms with van der Waals surface area (Å²) in [5.74, 6) is -1.55. The number of aliphatic carboxylic acids is 1. The first-order chi connectivity index (χ1) is 9.89. The molecule has 1 aliphatic rings. The van der Waals surface area contributed by atoms with Gasteiger partial charge in [0.25, 0.3) is 5.91 Å². The van der Waals surface area contributed by atoms with Crippen molar-refractivity contribution in [2.45, 2.75) is 26.2 Å². The number of phenols is 2. The third-order valence-corrected chi connectivity index (χ3v) is 4.35. The molecular formula is C15H19NO5. The predicted molar refractivity (Wildman–Crippen MR) is 75.3 cm³/mol. The lowest BCUT2D eigenvalue weighted by Crippen LogP contribution is -2.46. The van der Waals surface area contributed by atoms with Gasteiger partial charge in [-0.15, -0.1) is 0 Å². The zero-order valence-corrected chi connectivity index (χ0v) is 11.9. The van der Waals surface area contributed by atoms with Crippen LogP contribution >= 0.6 is 0 Å². The number of nitrogens with zero attached hydrogens (tertiary/aromatic N) is 1. The van der Waals surface area contributed by atoms with Crippen molar-refractivity contribution in [1.29, 1.82) is 0 Å². The summed E-state index contributed by atoms with van der Waals surface area (Å²) in [6.45, 7) is 2.54. The molecule has 1 heterocycles. The molecule has 3 N–H and O–H groups in total. The second-order valence-electron chi connectivity index (χ2n) is 5.43. The Labute approximate surface area is 122 Å². The van der Waals surface area contributed by atoms with Crippen LogP contribution in [0.3, 0.4) is 0 Å². The van der Waals surface area contributed by atoms with E-state index in [1.807, 2.05) is 6.92 Å². The number of likely N-dealkylation sites (tertiary alicyclic amines) is 1. The van der Waals surface area contributed by atoms with Gasteiger partial charge in [-0.2, -0.15) is 0 Å². The molecule has 0 aromatic heterocycles. The highest BCUT2D eigenvalue weighted by atomic mass is 16.4. The molecule has 1 fully saturated rings. The molecule has 6 nitrogen and oxygen atoms in total. The molecule has 6 heteroatoms. The van der Waals surface area contributed by atoms with Gasteiger partial charge in [0, 0.05) is 19.2 Å². The molecule has 1 aliphatic heterocycles. The van der Waals surface area contributed by atoms with Crippen molar-refractivity contribution in [1.82, 2.24) is 4.90 Å². The minimum Gasteiger partial charge on any atom is -0.508 e. The third kappa shape index (κ3) is 2.79. The van der Waals surface area contributed by atoms with E-state index in [1.165, 1.54) is 12.1 Å². The van der Waals surface area contributed by atoms with Crippen molar-refractivity contribution in [3.8, 4) is 11.5 Å². The molecule has 0 radical (unpaired) electrons. The van der Waals surface area contributed by atoms with Gasteiger partial charge in [-0.3, -0.25) is 9.59 Å². The minimum atomic E-state index is -0.815. The third-order valence-electron chi connectivity index (χ3n) is 4.35. The Balaban J connectivity index is 2.12. The summed E-state index contributed by atoms with van der Waals surface area (Å²) in [6, 6.07) is 3.82. The van der Waals surface area contributed by atoms with E-state index in [2.05, 4.69) is 0 Å². The van der Waals surface area contributed by atoms with Crippen LogP contribution in [0.5, 0.6) is 11.5 Å². The maximum absolute atomic E-state index is 12.3. The number of carbonyl (C=O) groups excluding carboxylic acids is 1. The lowest BCUT2D eigenvalue weighted by molar-refractivity contribution is -0.152. The fraction of sp³-hybridized carbons (Fsp3) is 0.467. The van der Waals surface area contributed by atoms with E-state index in [9.17, 15) is 24.9 Å². The summed E-state index contributed by atoms with van der Waals surface area (Å²) < 4.78 is 0. The number of aromatic hydroxyl groups is 2. The average Bonchev–Trinajstić information content (AvgIpc) is 2.46. The lowest BCUT2D eigenvalue weighted by atomic mass is 9.76. The highest BCUT2D eigenvalue weighted by Crippen LogP contribution is 2.36. The molecule has 114 valence electrons. The number of hydrogen-bond donors (Lipinski definition) is 3. The van der Waals surface area contributed by atoms with Gasteiger partial charge in [0.15, 0.2) is 0 Å². The average molecular weight is 293 g/mol. The smallest absolute Gasteiger partial charge is 0.309 e.